The zero-order valence-electron chi connectivity index (χ0n) is 23.4. The molecule has 0 aromatic carbocycles. The Labute approximate surface area is 237 Å². The second-order valence-corrected chi connectivity index (χ2v) is 11.0. The van der Waals surface area contributed by atoms with Crippen molar-refractivity contribution in [2.75, 3.05) is 44.2 Å². The van der Waals surface area contributed by atoms with Crippen molar-refractivity contribution in [2.45, 2.75) is 57.8 Å². The van der Waals surface area contributed by atoms with Gasteiger partial charge in [0.1, 0.15) is 11.4 Å². The summed E-state index contributed by atoms with van der Waals surface area (Å²) in [6, 6.07) is 5.35. The van der Waals surface area contributed by atoms with Gasteiger partial charge in [0, 0.05) is 68.2 Å². The van der Waals surface area contributed by atoms with E-state index in [0.29, 0.717) is 56.3 Å². The van der Waals surface area contributed by atoms with Gasteiger partial charge in [0.2, 0.25) is 5.91 Å². The molecule has 0 spiro atoms. The average Bonchev–Trinajstić information content (AvgIpc) is 3.44. The molecule has 2 amide bonds. The van der Waals surface area contributed by atoms with Crippen molar-refractivity contribution < 1.29 is 27.5 Å². The fourth-order valence-corrected chi connectivity index (χ4v) is 5.94. The van der Waals surface area contributed by atoms with E-state index in [9.17, 15) is 22.8 Å². The van der Waals surface area contributed by atoms with Gasteiger partial charge in [-0.2, -0.15) is 13.2 Å². The molecule has 2 atom stereocenters. The standard InChI is InChI=1S/C29H37F3N6O3/c1-3-22-17-37(28(40)19-12-20(13-19)29(30,31)32)10-11-38(22)23-14-24(41-4-2)25(18-6-5-8-33-15-18)36-26(23)27(39)35-21-7-9-34-16-21/h5-6,8,14-15,19-22,34H,3-4,7,9-13,16-17H2,1-2H3,(H,35,39)/t19?,20?,21-,22-/m1/s1. The summed E-state index contributed by atoms with van der Waals surface area (Å²) in [4.78, 5) is 39.6. The van der Waals surface area contributed by atoms with Crippen LogP contribution in [0.5, 0.6) is 5.75 Å². The van der Waals surface area contributed by atoms with Crippen LogP contribution in [0.4, 0.5) is 18.9 Å². The van der Waals surface area contributed by atoms with Gasteiger partial charge in [0.15, 0.2) is 5.69 Å². The maximum absolute atomic E-state index is 13.7. The molecule has 222 valence electrons. The van der Waals surface area contributed by atoms with Crippen LogP contribution in [0.2, 0.25) is 0 Å². The number of halogens is 3. The molecule has 5 rings (SSSR count). The summed E-state index contributed by atoms with van der Waals surface area (Å²) in [5, 5.41) is 6.37. The number of anilines is 1. The average molecular weight is 575 g/mol. The second-order valence-electron chi connectivity index (χ2n) is 11.0. The van der Waals surface area contributed by atoms with Crippen molar-refractivity contribution in [3.8, 4) is 17.0 Å². The number of nitrogens with one attached hydrogen (secondary N) is 2. The lowest BCUT2D eigenvalue weighted by atomic mass is 9.73. The molecule has 12 heteroatoms. The molecule has 3 fully saturated rings. The van der Waals surface area contributed by atoms with Crippen molar-refractivity contribution in [3.63, 3.8) is 0 Å². The molecular weight excluding hydrogens is 537 g/mol. The van der Waals surface area contributed by atoms with Gasteiger partial charge >= 0.3 is 6.18 Å². The number of rotatable bonds is 8. The minimum Gasteiger partial charge on any atom is -0.492 e. The molecule has 41 heavy (non-hydrogen) atoms. The van der Waals surface area contributed by atoms with E-state index < -0.39 is 18.0 Å². The van der Waals surface area contributed by atoms with Crippen LogP contribution in [-0.2, 0) is 4.79 Å². The van der Waals surface area contributed by atoms with E-state index >= 15 is 0 Å². The first-order valence-corrected chi connectivity index (χ1v) is 14.4. The van der Waals surface area contributed by atoms with Gasteiger partial charge in [0.25, 0.3) is 5.91 Å². The summed E-state index contributed by atoms with van der Waals surface area (Å²) in [7, 11) is 0. The third kappa shape index (κ3) is 6.27. The van der Waals surface area contributed by atoms with Crippen molar-refractivity contribution >= 4 is 17.5 Å². The van der Waals surface area contributed by atoms with Gasteiger partial charge in [0.05, 0.1) is 18.2 Å². The number of ether oxygens (including phenoxy) is 1. The lowest BCUT2D eigenvalue weighted by Gasteiger charge is -2.45. The van der Waals surface area contributed by atoms with E-state index in [-0.39, 0.29) is 42.4 Å². The smallest absolute Gasteiger partial charge is 0.391 e. The maximum Gasteiger partial charge on any atom is 0.391 e. The molecule has 2 aromatic heterocycles. The Morgan fingerprint density at radius 1 is 1.22 bits per heavy atom. The first kappa shape index (κ1) is 29.1. The van der Waals surface area contributed by atoms with Gasteiger partial charge in [-0.1, -0.05) is 6.92 Å². The minimum absolute atomic E-state index is 0.00926. The van der Waals surface area contributed by atoms with E-state index in [1.165, 1.54) is 0 Å². The van der Waals surface area contributed by atoms with Crippen LogP contribution in [0.3, 0.4) is 0 Å². The molecule has 2 N–H and O–H groups in total. The number of carbonyl (C=O) groups excluding carboxylic acids is 2. The molecule has 2 aromatic rings. The van der Waals surface area contributed by atoms with Crippen LogP contribution < -0.4 is 20.3 Å². The highest BCUT2D eigenvalue weighted by molar-refractivity contribution is 5.99. The van der Waals surface area contributed by atoms with Crippen molar-refractivity contribution in [2.24, 2.45) is 11.8 Å². The third-order valence-electron chi connectivity index (χ3n) is 8.34. The van der Waals surface area contributed by atoms with E-state index in [2.05, 4.69) is 20.5 Å². The van der Waals surface area contributed by atoms with E-state index in [1.54, 1.807) is 23.4 Å². The number of carbonyl (C=O) groups is 2. The molecule has 0 bridgehead atoms. The Hall–Kier alpha value is -3.41. The summed E-state index contributed by atoms with van der Waals surface area (Å²) in [5.41, 5.74) is 2.12. The van der Waals surface area contributed by atoms with Gasteiger partial charge in [-0.05, 0) is 51.3 Å². The fraction of sp³-hybridized carbons (Fsp3) is 0.586. The molecule has 0 radical (unpaired) electrons. The van der Waals surface area contributed by atoms with Crippen LogP contribution in [0.15, 0.2) is 30.6 Å². The summed E-state index contributed by atoms with van der Waals surface area (Å²) in [5.74, 6) is -1.96. The highest BCUT2D eigenvalue weighted by Crippen LogP contribution is 2.45. The van der Waals surface area contributed by atoms with Gasteiger partial charge < -0.3 is 25.2 Å². The molecule has 2 saturated heterocycles. The first-order chi connectivity index (χ1) is 19.7. The highest BCUT2D eigenvalue weighted by Gasteiger charge is 2.51. The Kier molecular flexibility index (Phi) is 8.67. The maximum atomic E-state index is 13.7. The molecular formula is C29H37F3N6O3. The molecule has 1 saturated carbocycles. The van der Waals surface area contributed by atoms with E-state index in [1.807, 2.05) is 26.0 Å². The second kappa shape index (κ2) is 12.2. The predicted molar refractivity (Wildman–Crippen MR) is 148 cm³/mol. The van der Waals surface area contributed by atoms with E-state index in [4.69, 9.17) is 9.72 Å². The Bertz CT molecular complexity index is 1230. The lowest BCUT2D eigenvalue weighted by Crippen LogP contribution is -2.57. The molecule has 1 aliphatic carbocycles. The quantitative estimate of drug-likeness (QED) is 0.497. The minimum atomic E-state index is -4.25. The first-order valence-electron chi connectivity index (χ1n) is 14.4. The molecule has 9 nitrogen and oxygen atoms in total. The number of hydrogen-bond acceptors (Lipinski definition) is 7. The Balaban J connectivity index is 1.43. The van der Waals surface area contributed by atoms with E-state index in [0.717, 1.165) is 18.5 Å². The number of hydrogen-bond donors (Lipinski definition) is 2. The van der Waals surface area contributed by atoms with Crippen LogP contribution in [0.25, 0.3) is 11.3 Å². The largest absolute Gasteiger partial charge is 0.492 e. The Morgan fingerprint density at radius 3 is 2.66 bits per heavy atom. The fourth-order valence-electron chi connectivity index (χ4n) is 5.94. The van der Waals surface area contributed by atoms with Gasteiger partial charge in [-0.25, -0.2) is 4.98 Å². The molecule has 3 aliphatic rings. The molecule has 2 aliphatic heterocycles. The summed E-state index contributed by atoms with van der Waals surface area (Å²) >= 11 is 0. The lowest BCUT2D eigenvalue weighted by molar-refractivity contribution is -0.206. The van der Waals surface area contributed by atoms with Crippen LogP contribution in [-0.4, -0.2) is 84.3 Å². The number of amides is 2. The summed E-state index contributed by atoms with van der Waals surface area (Å²) < 4.78 is 45.0. The predicted octanol–water partition coefficient (Wildman–Crippen LogP) is 3.65. The van der Waals surface area contributed by atoms with Crippen LogP contribution in [0.1, 0.15) is 50.0 Å². The third-order valence-corrected chi connectivity index (χ3v) is 8.34. The topological polar surface area (TPSA) is 99.7 Å². The SMILES string of the molecule is CCOc1cc(N2CCN(C(=O)C3CC(C(F)(F)F)C3)C[C@H]2CC)c(C(=O)N[C@@H]2CCNC2)nc1-c1cccnc1. The zero-order valence-corrected chi connectivity index (χ0v) is 23.4. The van der Waals surface area contributed by atoms with Crippen molar-refractivity contribution in [3.05, 3.63) is 36.3 Å². The normalized spacial score (nSPS) is 24.6. The number of piperazine rings is 1. The zero-order chi connectivity index (χ0) is 29.1. The number of alkyl halides is 3. The number of nitrogens with zero attached hydrogens (tertiary/aromatic N) is 4. The van der Waals surface area contributed by atoms with Gasteiger partial charge in [-0.3, -0.25) is 14.6 Å². The molecule has 0 unspecified atom stereocenters. The van der Waals surface area contributed by atoms with Gasteiger partial charge in [-0.15, -0.1) is 0 Å². The Morgan fingerprint density at radius 2 is 2.02 bits per heavy atom. The summed E-state index contributed by atoms with van der Waals surface area (Å²) in [6.07, 6.45) is 0.298. The number of pyridine rings is 2. The van der Waals surface area contributed by atoms with Crippen LogP contribution >= 0.6 is 0 Å². The highest BCUT2D eigenvalue weighted by atomic mass is 19.4. The molecule has 4 heterocycles. The monoisotopic (exact) mass is 574 g/mol. The van der Waals surface area contributed by atoms with Crippen molar-refractivity contribution in [1.29, 1.82) is 0 Å². The van der Waals surface area contributed by atoms with Crippen LogP contribution in [0, 0.1) is 11.8 Å². The summed E-state index contributed by atoms with van der Waals surface area (Å²) in [6.45, 7) is 6.92. The number of aromatic nitrogens is 2. The van der Waals surface area contributed by atoms with Crippen molar-refractivity contribution in [1.82, 2.24) is 25.5 Å².